The van der Waals surface area contributed by atoms with Gasteiger partial charge in [-0.25, -0.2) is 17.6 Å². The number of benzene rings is 2. The highest BCUT2D eigenvalue weighted by Crippen LogP contribution is 2.32. The predicted molar refractivity (Wildman–Crippen MR) is 122 cm³/mol. The Hall–Kier alpha value is -3.31. The molecular formula is C23H25FN4O5S. The van der Waals surface area contributed by atoms with Crippen molar-refractivity contribution in [3.05, 3.63) is 59.9 Å². The SMILES string of the molecule is CC[C@@]1(c2ccc(F)cc2)NC(=O)N(CC(=O)Nc2cccc(S(=O)(=O)N3CCCC3)c2)C1=O. The summed E-state index contributed by atoms with van der Waals surface area (Å²) in [6, 6.07) is 10.4. The van der Waals surface area contributed by atoms with Crippen LogP contribution in [0.4, 0.5) is 14.9 Å². The van der Waals surface area contributed by atoms with E-state index in [0.29, 0.717) is 18.7 Å². The van der Waals surface area contributed by atoms with Gasteiger partial charge in [0, 0.05) is 18.8 Å². The molecule has 2 saturated heterocycles. The number of urea groups is 1. The van der Waals surface area contributed by atoms with E-state index >= 15 is 0 Å². The third kappa shape index (κ3) is 4.28. The summed E-state index contributed by atoms with van der Waals surface area (Å²) in [7, 11) is -3.66. The lowest BCUT2D eigenvalue weighted by Gasteiger charge is -2.25. The third-order valence-electron chi connectivity index (χ3n) is 6.17. The van der Waals surface area contributed by atoms with E-state index < -0.39 is 45.8 Å². The minimum Gasteiger partial charge on any atom is -0.324 e. The molecule has 0 aliphatic carbocycles. The summed E-state index contributed by atoms with van der Waals surface area (Å²) in [5, 5.41) is 5.19. The second kappa shape index (κ2) is 9.15. The van der Waals surface area contributed by atoms with E-state index in [2.05, 4.69) is 10.6 Å². The van der Waals surface area contributed by atoms with Gasteiger partial charge in [-0.15, -0.1) is 0 Å². The molecule has 2 aromatic carbocycles. The second-order valence-electron chi connectivity index (χ2n) is 8.27. The lowest BCUT2D eigenvalue weighted by molar-refractivity contribution is -0.134. The van der Waals surface area contributed by atoms with Crippen LogP contribution in [0.25, 0.3) is 0 Å². The van der Waals surface area contributed by atoms with Crippen LogP contribution in [0.1, 0.15) is 31.7 Å². The maximum atomic E-state index is 13.3. The molecule has 11 heteroatoms. The molecule has 2 fully saturated rings. The molecule has 2 heterocycles. The molecule has 2 aliphatic heterocycles. The molecule has 0 unspecified atom stereocenters. The summed E-state index contributed by atoms with van der Waals surface area (Å²) >= 11 is 0. The van der Waals surface area contributed by atoms with Gasteiger partial charge in [-0.3, -0.25) is 14.5 Å². The van der Waals surface area contributed by atoms with E-state index in [1.54, 1.807) is 6.92 Å². The van der Waals surface area contributed by atoms with Gasteiger partial charge in [-0.05, 0) is 55.2 Å². The average molecular weight is 489 g/mol. The molecule has 1 atom stereocenters. The van der Waals surface area contributed by atoms with Crippen molar-refractivity contribution in [1.29, 1.82) is 0 Å². The van der Waals surface area contributed by atoms with E-state index in [-0.39, 0.29) is 17.0 Å². The molecule has 0 radical (unpaired) electrons. The summed E-state index contributed by atoms with van der Waals surface area (Å²) in [6.07, 6.45) is 1.81. The molecule has 2 N–H and O–H groups in total. The average Bonchev–Trinajstić information content (AvgIpc) is 3.44. The third-order valence-corrected chi connectivity index (χ3v) is 8.06. The molecule has 34 heavy (non-hydrogen) atoms. The molecular weight excluding hydrogens is 463 g/mol. The van der Waals surface area contributed by atoms with Crippen molar-refractivity contribution in [3.8, 4) is 0 Å². The number of hydrogen-bond acceptors (Lipinski definition) is 5. The molecule has 9 nitrogen and oxygen atoms in total. The number of rotatable bonds is 7. The molecule has 2 aromatic rings. The van der Waals surface area contributed by atoms with Crippen LogP contribution in [0.15, 0.2) is 53.4 Å². The van der Waals surface area contributed by atoms with Crippen molar-refractivity contribution in [2.75, 3.05) is 25.0 Å². The first-order chi connectivity index (χ1) is 16.2. The van der Waals surface area contributed by atoms with E-state index in [9.17, 15) is 27.2 Å². The molecule has 4 rings (SSSR count). The van der Waals surface area contributed by atoms with Crippen molar-refractivity contribution >= 4 is 33.6 Å². The zero-order valence-corrected chi connectivity index (χ0v) is 19.4. The van der Waals surface area contributed by atoms with Gasteiger partial charge >= 0.3 is 6.03 Å². The van der Waals surface area contributed by atoms with Gasteiger partial charge in [-0.1, -0.05) is 25.1 Å². The Kier molecular flexibility index (Phi) is 6.41. The van der Waals surface area contributed by atoms with Crippen LogP contribution in [-0.4, -0.2) is 55.1 Å². The Bertz CT molecular complexity index is 1230. The number of carbonyl (C=O) groups is 3. The number of hydrogen-bond donors (Lipinski definition) is 2. The largest absolute Gasteiger partial charge is 0.325 e. The van der Waals surface area contributed by atoms with Gasteiger partial charge in [0.2, 0.25) is 15.9 Å². The summed E-state index contributed by atoms with van der Waals surface area (Å²) in [5.74, 6) is -1.76. The zero-order valence-electron chi connectivity index (χ0n) is 18.6. The van der Waals surface area contributed by atoms with Crippen molar-refractivity contribution < 1.29 is 27.2 Å². The fourth-order valence-electron chi connectivity index (χ4n) is 4.30. The zero-order chi connectivity index (χ0) is 24.5. The molecule has 0 bridgehead atoms. The summed E-state index contributed by atoms with van der Waals surface area (Å²) in [4.78, 5) is 39.3. The van der Waals surface area contributed by atoms with Crippen LogP contribution < -0.4 is 10.6 Å². The molecule has 180 valence electrons. The Morgan fingerprint density at radius 2 is 1.79 bits per heavy atom. The highest BCUT2D eigenvalue weighted by atomic mass is 32.2. The highest BCUT2D eigenvalue weighted by molar-refractivity contribution is 7.89. The lowest BCUT2D eigenvalue weighted by Crippen LogP contribution is -2.44. The maximum absolute atomic E-state index is 13.3. The van der Waals surface area contributed by atoms with Crippen molar-refractivity contribution in [2.45, 2.75) is 36.6 Å². The fourth-order valence-corrected chi connectivity index (χ4v) is 5.86. The number of carbonyl (C=O) groups excluding carboxylic acids is 3. The Balaban J connectivity index is 1.49. The highest BCUT2D eigenvalue weighted by Gasteiger charge is 2.51. The number of anilines is 1. The summed E-state index contributed by atoms with van der Waals surface area (Å²) < 4.78 is 40.3. The Morgan fingerprint density at radius 1 is 1.12 bits per heavy atom. The van der Waals surface area contributed by atoms with Crippen LogP contribution in [-0.2, 0) is 25.2 Å². The Morgan fingerprint density at radius 3 is 2.44 bits per heavy atom. The molecule has 0 aromatic heterocycles. The van der Waals surface area contributed by atoms with Gasteiger partial charge in [0.05, 0.1) is 4.90 Å². The van der Waals surface area contributed by atoms with Gasteiger partial charge in [0.15, 0.2) is 0 Å². The fraction of sp³-hybridized carbons (Fsp3) is 0.348. The first-order valence-electron chi connectivity index (χ1n) is 11.0. The number of sulfonamides is 1. The van der Waals surface area contributed by atoms with Crippen molar-refractivity contribution in [2.24, 2.45) is 0 Å². The van der Waals surface area contributed by atoms with Gasteiger partial charge in [0.25, 0.3) is 5.91 Å². The number of amides is 4. The molecule has 4 amide bonds. The van der Waals surface area contributed by atoms with Gasteiger partial charge < -0.3 is 10.6 Å². The van der Waals surface area contributed by atoms with Crippen LogP contribution in [0, 0.1) is 5.82 Å². The van der Waals surface area contributed by atoms with E-state index in [1.165, 1.54) is 52.8 Å². The van der Waals surface area contributed by atoms with E-state index in [4.69, 9.17) is 0 Å². The quantitative estimate of drug-likeness (QED) is 0.581. The van der Waals surface area contributed by atoms with Crippen LogP contribution >= 0.6 is 0 Å². The minimum absolute atomic E-state index is 0.0588. The summed E-state index contributed by atoms with van der Waals surface area (Å²) in [5.41, 5.74) is -0.746. The first kappa shape index (κ1) is 23.8. The number of nitrogens with one attached hydrogen (secondary N) is 2. The lowest BCUT2D eigenvalue weighted by atomic mass is 9.87. The number of imide groups is 1. The number of halogens is 1. The molecule has 2 aliphatic rings. The summed E-state index contributed by atoms with van der Waals surface area (Å²) in [6.45, 7) is 2.06. The van der Waals surface area contributed by atoms with E-state index in [1.807, 2.05) is 0 Å². The van der Waals surface area contributed by atoms with Crippen molar-refractivity contribution in [3.63, 3.8) is 0 Å². The van der Waals surface area contributed by atoms with Crippen molar-refractivity contribution in [1.82, 2.24) is 14.5 Å². The predicted octanol–water partition coefficient (Wildman–Crippen LogP) is 2.41. The van der Waals surface area contributed by atoms with Gasteiger partial charge in [-0.2, -0.15) is 4.31 Å². The van der Waals surface area contributed by atoms with Gasteiger partial charge in [0.1, 0.15) is 17.9 Å². The topological polar surface area (TPSA) is 116 Å². The Labute approximate surface area is 197 Å². The van der Waals surface area contributed by atoms with Crippen LogP contribution in [0.3, 0.4) is 0 Å². The first-order valence-corrected chi connectivity index (χ1v) is 12.4. The maximum Gasteiger partial charge on any atom is 0.325 e. The smallest absolute Gasteiger partial charge is 0.324 e. The van der Waals surface area contributed by atoms with Crippen LogP contribution in [0.5, 0.6) is 0 Å². The molecule has 0 spiro atoms. The standard InChI is InChI=1S/C23H25FN4O5S/c1-2-23(16-8-10-17(24)11-9-16)21(30)28(22(31)26-23)15-20(29)25-18-6-5-7-19(14-18)34(32,33)27-12-3-4-13-27/h5-11,14H,2-4,12-13,15H2,1H3,(H,25,29)(H,26,31)/t23-/m0/s1. The van der Waals surface area contributed by atoms with E-state index in [0.717, 1.165) is 17.7 Å². The molecule has 0 saturated carbocycles. The minimum atomic E-state index is -3.66. The van der Waals surface area contributed by atoms with Crippen LogP contribution in [0.2, 0.25) is 0 Å². The number of nitrogens with zero attached hydrogens (tertiary/aromatic N) is 2. The normalized spacial score (nSPS) is 21.1. The monoisotopic (exact) mass is 488 g/mol. The second-order valence-corrected chi connectivity index (χ2v) is 10.2.